The van der Waals surface area contributed by atoms with E-state index in [0.29, 0.717) is 13.2 Å². The molecule has 0 aliphatic heterocycles. The molecule has 0 spiro atoms. The molecule has 7 heteroatoms. The van der Waals surface area contributed by atoms with Crippen LogP contribution in [-0.4, -0.2) is 66.4 Å². The van der Waals surface area contributed by atoms with E-state index in [1.165, 1.54) is 24.9 Å². The van der Waals surface area contributed by atoms with Crippen molar-refractivity contribution in [3.8, 4) is 0 Å². The van der Waals surface area contributed by atoms with Crippen LogP contribution in [0.25, 0.3) is 0 Å². The van der Waals surface area contributed by atoms with Crippen LogP contribution in [0.15, 0.2) is 0 Å². The van der Waals surface area contributed by atoms with Gasteiger partial charge >= 0.3 is 12.0 Å². The molecular formula is C13H24N2O4S. The van der Waals surface area contributed by atoms with Crippen LogP contribution in [0.2, 0.25) is 0 Å². The molecule has 0 radical (unpaired) electrons. The Morgan fingerprint density at radius 1 is 1.40 bits per heavy atom. The monoisotopic (exact) mass is 304 g/mol. The summed E-state index contributed by atoms with van der Waals surface area (Å²) in [6.45, 7) is 0.896. The van der Waals surface area contributed by atoms with Gasteiger partial charge in [0.2, 0.25) is 0 Å². The molecule has 0 atom stereocenters. The SMILES string of the molecule is COCCN(CC(=O)O)C(=O)NCC1(SC)CCCC1. The molecule has 20 heavy (non-hydrogen) atoms. The largest absolute Gasteiger partial charge is 0.480 e. The summed E-state index contributed by atoms with van der Waals surface area (Å²) in [7, 11) is 1.53. The number of carbonyl (C=O) groups excluding carboxylic acids is 1. The minimum absolute atomic E-state index is 0.117. The first-order chi connectivity index (χ1) is 9.53. The van der Waals surface area contributed by atoms with Crippen LogP contribution in [0.3, 0.4) is 0 Å². The number of rotatable bonds is 8. The molecule has 2 N–H and O–H groups in total. The Labute approximate surface area is 124 Å². The number of nitrogens with one attached hydrogen (secondary N) is 1. The van der Waals surface area contributed by atoms with Crippen LogP contribution in [0, 0.1) is 0 Å². The smallest absolute Gasteiger partial charge is 0.323 e. The van der Waals surface area contributed by atoms with Crippen molar-refractivity contribution in [2.24, 2.45) is 0 Å². The van der Waals surface area contributed by atoms with Gasteiger partial charge in [-0.05, 0) is 19.1 Å². The van der Waals surface area contributed by atoms with Gasteiger partial charge in [-0.3, -0.25) is 4.79 Å². The number of thioether (sulfide) groups is 1. The van der Waals surface area contributed by atoms with Crippen LogP contribution in [0.1, 0.15) is 25.7 Å². The number of urea groups is 1. The highest BCUT2D eigenvalue weighted by Crippen LogP contribution is 2.39. The number of methoxy groups -OCH3 is 1. The molecule has 1 fully saturated rings. The first kappa shape index (κ1) is 17.1. The lowest BCUT2D eigenvalue weighted by Gasteiger charge is -2.29. The molecule has 2 amide bonds. The molecule has 1 rings (SSSR count). The molecule has 0 aromatic carbocycles. The summed E-state index contributed by atoms with van der Waals surface area (Å²) in [5, 5.41) is 11.7. The number of aliphatic carboxylic acids is 1. The Hall–Kier alpha value is -0.950. The van der Waals surface area contributed by atoms with Gasteiger partial charge in [-0.25, -0.2) is 4.79 Å². The van der Waals surface area contributed by atoms with E-state index >= 15 is 0 Å². The number of amides is 2. The van der Waals surface area contributed by atoms with Crippen LogP contribution < -0.4 is 5.32 Å². The molecule has 0 aromatic heterocycles. The first-order valence-electron chi connectivity index (χ1n) is 6.81. The average Bonchev–Trinajstić information content (AvgIpc) is 2.90. The molecule has 0 aromatic rings. The van der Waals surface area contributed by atoms with E-state index in [1.807, 2.05) is 0 Å². The Morgan fingerprint density at radius 2 is 2.05 bits per heavy atom. The average molecular weight is 304 g/mol. The Kier molecular flexibility index (Phi) is 7.15. The number of carboxylic acid groups (broad SMARTS) is 1. The second-order valence-electron chi connectivity index (χ2n) is 5.06. The number of hydrogen-bond acceptors (Lipinski definition) is 4. The van der Waals surface area contributed by atoms with Crippen molar-refractivity contribution in [1.29, 1.82) is 0 Å². The summed E-state index contributed by atoms with van der Waals surface area (Å²) >= 11 is 1.79. The maximum atomic E-state index is 12.1. The summed E-state index contributed by atoms with van der Waals surface area (Å²) in [6.07, 6.45) is 6.66. The number of nitrogens with zero attached hydrogens (tertiary/aromatic N) is 1. The van der Waals surface area contributed by atoms with E-state index in [1.54, 1.807) is 11.8 Å². The van der Waals surface area contributed by atoms with Crippen molar-refractivity contribution in [3.63, 3.8) is 0 Å². The molecule has 116 valence electrons. The molecule has 6 nitrogen and oxygen atoms in total. The minimum atomic E-state index is -1.02. The molecule has 0 bridgehead atoms. The van der Waals surface area contributed by atoms with Crippen molar-refractivity contribution < 1.29 is 19.4 Å². The van der Waals surface area contributed by atoms with Gasteiger partial charge in [0.15, 0.2) is 0 Å². The van der Waals surface area contributed by atoms with E-state index in [4.69, 9.17) is 9.84 Å². The summed E-state index contributed by atoms with van der Waals surface area (Å²) in [6, 6.07) is -0.329. The number of ether oxygens (including phenoxy) is 1. The van der Waals surface area contributed by atoms with Crippen molar-refractivity contribution in [2.45, 2.75) is 30.4 Å². The fraction of sp³-hybridized carbons (Fsp3) is 0.846. The van der Waals surface area contributed by atoms with Crippen molar-refractivity contribution >= 4 is 23.8 Å². The van der Waals surface area contributed by atoms with Crippen LogP contribution in [0.4, 0.5) is 4.79 Å². The van der Waals surface area contributed by atoms with Crippen molar-refractivity contribution in [3.05, 3.63) is 0 Å². The highest BCUT2D eigenvalue weighted by molar-refractivity contribution is 8.00. The summed E-state index contributed by atoms with van der Waals surface area (Å²) in [5.74, 6) is -1.02. The Balaban J connectivity index is 2.49. The van der Waals surface area contributed by atoms with Gasteiger partial charge in [-0.15, -0.1) is 0 Å². The standard InChI is InChI=1S/C13H24N2O4S/c1-19-8-7-15(9-11(16)17)12(18)14-10-13(20-2)5-3-4-6-13/h3-10H2,1-2H3,(H,14,18)(H,16,17). The van der Waals surface area contributed by atoms with E-state index < -0.39 is 5.97 Å². The zero-order valence-corrected chi connectivity index (χ0v) is 13.0. The van der Waals surface area contributed by atoms with Crippen molar-refractivity contribution in [1.82, 2.24) is 10.2 Å². The third kappa shape index (κ3) is 5.20. The van der Waals surface area contributed by atoms with Gasteiger partial charge in [0.1, 0.15) is 6.54 Å². The predicted molar refractivity (Wildman–Crippen MR) is 79.2 cm³/mol. The summed E-state index contributed by atoms with van der Waals surface area (Å²) in [5.41, 5.74) is 0. The van der Waals surface area contributed by atoms with E-state index in [0.717, 1.165) is 12.8 Å². The molecular weight excluding hydrogens is 280 g/mol. The van der Waals surface area contributed by atoms with Gasteiger partial charge < -0.3 is 20.1 Å². The first-order valence-corrected chi connectivity index (χ1v) is 8.04. The molecule has 0 unspecified atom stereocenters. The lowest BCUT2D eigenvalue weighted by atomic mass is 10.1. The van der Waals surface area contributed by atoms with Gasteiger partial charge in [0.25, 0.3) is 0 Å². The molecule has 0 saturated heterocycles. The van der Waals surface area contributed by atoms with E-state index in [9.17, 15) is 9.59 Å². The lowest BCUT2D eigenvalue weighted by Crippen LogP contribution is -2.48. The van der Waals surface area contributed by atoms with E-state index in [-0.39, 0.29) is 23.9 Å². The van der Waals surface area contributed by atoms with Crippen molar-refractivity contribution in [2.75, 3.05) is 39.6 Å². The van der Waals surface area contributed by atoms with Crippen LogP contribution >= 0.6 is 11.8 Å². The highest BCUT2D eigenvalue weighted by atomic mass is 32.2. The maximum Gasteiger partial charge on any atom is 0.323 e. The van der Waals surface area contributed by atoms with Crippen LogP contribution in [0.5, 0.6) is 0 Å². The highest BCUT2D eigenvalue weighted by Gasteiger charge is 2.33. The minimum Gasteiger partial charge on any atom is -0.480 e. The summed E-state index contributed by atoms with van der Waals surface area (Å²) < 4.78 is 5.02. The van der Waals surface area contributed by atoms with Gasteiger partial charge in [-0.2, -0.15) is 11.8 Å². The zero-order chi connectivity index (χ0) is 15.0. The fourth-order valence-electron chi connectivity index (χ4n) is 2.44. The third-order valence-electron chi connectivity index (χ3n) is 3.69. The predicted octanol–water partition coefficient (Wildman–Crippen LogP) is 1.40. The quantitative estimate of drug-likeness (QED) is 0.709. The van der Waals surface area contributed by atoms with Gasteiger partial charge in [0.05, 0.1) is 6.61 Å². The second-order valence-corrected chi connectivity index (χ2v) is 6.34. The fourth-order valence-corrected chi connectivity index (χ4v) is 3.35. The summed E-state index contributed by atoms with van der Waals surface area (Å²) in [4.78, 5) is 24.1. The molecule has 1 aliphatic carbocycles. The van der Waals surface area contributed by atoms with E-state index in [2.05, 4.69) is 11.6 Å². The number of carboxylic acids is 1. The van der Waals surface area contributed by atoms with Crippen LogP contribution in [-0.2, 0) is 9.53 Å². The lowest BCUT2D eigenvalue weighted by molar-refractivity contribution is -0.137. The number of carbonyl (C=O) groups is 2. The Bertz CT molecular complexity index is 332. The third-order valence-corrected chi connectivity index (χ3v) is 5.11. The topological polar surface area (TPSA) is 78.9 Å². The second kappa shape index (κ2) is 8.36. The number of hydrogen-bond donors (Lipinski definition) is 2. The molecule has 0 heterocycles. The zero-order valence-electron chi connectivity index (χ0n) is 12.2. The molecule has 1 aliphatic rings. The normalized spacial score (nSPS) is 16.9. The Morgan fingerprint density at radius 3 is 2.55 bits per heavy atom. The van der Waals surface area contributed by atoms with Gasteiger partial charge in [-0.1, -0.05) is 12.8 Å². The molecule has 1 saturated carbocycles. The van der Waals surface area contributed by atoms with Gasteiger partial charge in [0, 0.05) is 24.9 Å². The maximum absolute atomic E-state index is 12.1.